The molecule has 1 N–H and O–H groups in total. The molecule has 1 aromatic heterocycles. The molecule has 0 saturated heterocycles. The van der Waals surface area contributed by atoms with Gasteiger partial charge in [0.1, 0.15) is 11.8 Å². The van der Waals surface area contributed by atoms with E-state index in [1.165, 1.54) is 6.26 Å². The van der Waals surface area contributed by atoms with Crippen molar-refractivity contribution in [1.29, 1.82) is 0 Å². The number of nitrogens with zero attached hydrogens (tertiary/aromatic N) is 1. The van der Waals surface area contributed by atoms with Crippen molar-refractivity contribution in [3.05, 3.63) is 89.4 Å². The molecule has 1 aliphatic rings. The molecule has 1 saturated carbocycles. The molecule has 1 atom stereocenters. The summed E-state index contributed by atoms with van der Waals surface area (Å²) in [5.41, 5.74) is 3.05. The van der Waals surface area contributed by atoms with Crippen molar-refractivity contribution in [3.8, 4) is 5.75 Å². The van der Waals surface area contributed by atoms with Crippen molar-refractivity contribution in [3.63, 3.8) is 0 Å². The summed E-state index contributed by atoms with van der Waals surface area (Å²) in [5.74, 6) is 0.490. The second-order valence-corrected chi connectivity index (χ2v) is 9.05. The number of benzene rings is 2. The van der Waals surface area contributed by atoms with Crippen molar-refractivity contribution >= 4 is 11.8 Å². The third-order valence-corrected chi connectivity index (χ3v) is 6.64. The smallest absolute Gasteiger partial charge is 0.290 e. The van der Waals surface area contributed by atoms with Crippen LogP contribution in [-0.4, -0.2) is 35.9 Å². The maximum absolute atomic E-state index is 13.7. The molecular weight excluding hydrogens is 440 g/mol. The highest BCUT2D eigenvalue weighted by atomic mass is 16.5. The van der Waals surface area contributed by atoms with Gasteiger partial charge in [0.25, 0.3) is 5.91 Å². The van der Waals surface area contributed by atoms with Gasteiger partial charge in [-0.15, -0.1) is 0 Å². The maximum atomic E-state index is 13.7. The first-order chi connectivity index (χ1) is 17.1. The molecule has 0 bridgehead atoms. The van der Waals surface area contributed by atoms with Gasteiger partial charge in [0.05, 0.1) is 12.9 Å². The van der Waals surface area contributed by atoms with Crippen LogP contribution in [0.4, 0.5) is 0 Å². The lowest BCUT2D eigenvalue weighted by Crippen LogP contribution is -2.46. The number of hydrogen-bond acceptors (Lipinski definition) is 4. The quantitative estimate of drug-likeness (QED) is 0.423. The third kappa shape index (κ3) is 6.13. The van der Waals surface area contributed by atoms with Crippen LogP contribution in [0.25, 0.3) is 0 Å². The Balaban J connectivity index is 1.68. The molecule has 2 aromatic carbocycles. The van der Waals surface area contributed by atoms with Crippen LogP contribution >= 0.6 is 0 Å². The minimum atomic E-state index is -0.784. The number of hydrogen-bond donors (Lipinski definition) is 1. The highest BCUT2D eigenvalue weighted by molar-refractivity contribution is 5.96. The molecule has 35 heavy (non-hydrogen) atoms. The number of nitrogens with one attached hydrogen (secondary N) is 1. The summed E-state index contributed by atoms with van der Waals surface area (Å²) in [5, 5.41) is 3.21. The SMILES string of the molecule is CCOc1ccc([C@@H](C(=O)NC2CCCC2)N(CCc2ccccc2C)C(=O)c2ccco2)cc1. The van der Waals surface area contributed by atoms with E-state index in [2.05, 4.69) is 24.4 Å². The Morgan fingerprint density at radius 3 is 2.46 bits per heavy atom. The van der Waals surface area contributed by atoms with E-state index in [1.54, 1.807) is 17.0 Å². The van der Waals surface area contributed by atoms with E-state index in [0.29, 0.717) is 19.6 Å². The van der Waals surface area contributed by atoms with Gasteiger partial charge in [0.15, 0.2) is 5.76 Å². The normalized spacial score (nSPS) is 14.5. The first-order valence-electron chi connectivity index (χ1n) is 12.5. The average Bonchev–Trinajstić information content (AvgIpc) is 3.58. The number of amides is 2. The van der Waals surface area contributed by atoms with Crippen LogP contribution in [0.15, 0.2) is 71.3 Å². The van der Waals surface area contributed by atoms with Crippen molar-refractivity contribution in [2.45, 2.75) is 58.0 Å². The van der Waals surface area contributed by atoms with E-state index in [0.717, 1.165) is 48.1 Å². The Hall–Kier alpha value is -3.54. The van der Waals surface area contributed by atoms with E-state index in [-0.39, 0.29) is 23.6 Å². The second-order valence-electron chi connectivity index (χ2n) is 9.05. The zero-order chi connectivity index (χ0) is 24.6. The molecule has 1 heterocycles. The first kappa shape index (κ1) is 24.6. The summed E-state index contributed by atoms with van der Waals surface area (Å²) in [6, 6.07) is 18.3. The van der Waals surface area contributed by atoms with Gasteiger partial charge in [-0.3, -0.25) is 9.59 Å². The first-order valence-corrected chi connectivity index (χ1v) is 12.5. The zero-order valence-corrected chi connectivity index (χ0v) is 20.5. The monoisotopic (exact) mass is 474 g/mol. The van der Waals surface area contributed by atoms with Gasteiger partial charge in [0, 0.05) is 12.6 Å². The largest absolute Gasteiger partial charge is 0.494 e. The van der Waals surface area contributed by atoms with Gasteiger partial charge in [-0.05, 0) is 74.1 Å². The van der Waals surface area contributed by atoms with Gasteiger partial charge in [0.2, 0.25) is 5.91 Å². The van der Waals surface area contributed by atoms with Gasteiger partial charge < -0.3 is 19.4 Å². The van der Waals surface area contributed by atoms with Gasteiger partial charge >= 0.3 is 0 Å². The average molecular weight is 475 g/mol. The summed E-state index contributed by atoms with van der Waals surface area (Å²) in [6.45, 7) is 4.93. The summed E-state index contributed by atoms with van der Waals surface area (Å²) < 4.78 is 11.1. The van der Waals surface area contributed by atoms with Crippen LogP contribution in [0.1, 0.15) is 65.9 Å². The summed E-state index contributed by atoms with van der Waals surface area (Å²) >= 11 is 0. The number of carbonyl (C=O) groups is 2. The molecule has 0 spiro atoms. The molecule has 4 rings (SSSR count). The van der Waals surface area contributed by atoms with Crippen LogP contribution < -0.4 is 10.1 Å². The van der Waals surface area contributed by atoms with Gasteiger partial charge in [-0.1, -0.05) is 49.2 Å². The summed E-state index contributed by atoms with van der Waals surface area (Å²) in [4.78, 5) is 29.0. The van der Waals surface area contributed by atoms with Crippen LogP contribution in [-0.2, 0) is 11.2 Å². The number of rotatable bonds is 10. The number of ether oxygens (including phenoxy) is 1. The van der Waals surface area contributed by atoms with E-state index in [1.807, 2.05) is 43.3 Å². The van der Waals surface area contributed by atoms with Gasteiger partial charge in [-0.25, -0.2) is 0 Å². The standard InChI is InChI=1S/C29H34N2O4/c1-3-34-25-16-14-23(15-17-25)27(28(32)30-24-11-6-7-12-24)31(29(33)26-13-8-20-35-26)19-18-22-10-5-4-9-21(22)2/h4-5,8-10,13-17,20,24,27H,3,6-7,11-12,18-19H2,1-2H3,(H,30,32)/t27-/m0/s1. The minimum Gasteiger partial charge on any atom is -0.494 e. The lowest BCUT2D eigenvalue weighted by Gasteiger charge is -2.32. The Morgan fingerprint density at radius 2 is 1.80 bits per heavy atom. The fraction of sp³-hybridized carbons (Fsp3) is 0.379. The van der Waals surface area contributed by atoms with E-state index >= 15 is 0 Å². The molecular formula is C29H34N2O4. The molecule has 6 nitrogen and oxygen atoms in total. The fourth-order valence-corrected chi connectivity index (χ4v) is 4.76. The zero-order valence-electron chi connectivity index (χ0n) is 20.5. The van der Waals surface area contributed by atoms with E-state index < -0.39 is 6.04 Å². The highest BCUT2D eigenvalue weighted by Gasteiger charge is 2.34. The van der Waals surface area contributed by atoms with Crippen LogP contribution in [0, 0.1) is 6.92 Å². The topological polar surface area (TPSA) is 71.8 Å². The van der Waals surface area contributed by atoms with Crippen molar-refractivity contribution in [2.75, 3.05) is 13.2 Å². The lowest BCUT2D eigenvalue weighted by molar-refractivity contribution is -0.126. The number of carbonyl (C=O) groups excluding carboxylic acids is 2. The molecule has 2 amide bonds. The molecule has 0 unspecified atom stereocenters. The molecule has 6 heteroatoms. The molecule has 3 aromatic rings. The number of furan rings is 1. The predicted molar refractivity (Wildman–Crippen MR) is 135 cm³/mol. The fourth-order valence-electron chi connectivity index (χ4n) is 4.76. The Labute approximate surface area is 207 Å². The highest BCUT2D eigenvalue weighted by Crippen LogP contribution is 2.28. The second kappa shape index (κ2) is 11.7. The van der Waals surface area contributed by atoms with E-state index in [9.17, 15) is 9.59 Å². The lowest BCUT2D eigenvalue weighted by atomic mass is 10.0. The van der Waals surface area contributed by atoms with Crippen molar-refractivity contribution in [2.24, 2.45) is 0 Å². The summed E-state index contributed by atoms with van der Waals surface area (Å²) in [6.07, 6.45) is 6.27. The summed E-state index contributed by atoms with van der Waals surface area (Å²) in [7, 11) is 0. The number of aryl methyl sites for hydroxylation is 1. The predicted octanol–water partition coefficient (Wildman–Crippen LogP) is 5.47. The van der Waals surface area contributed by atoms with Crippen LogP contribution in [0.2, 0.25) is 0 Å². The molecule has 184 valence electrons. The Morgan fingerprint density at radius 1 is 1.06 bits per heavy atom. The minimum absolute atomic E-state index is 0.143. The molecule has 0 radical (unpaired) electrons. The Bertz CT molecular complexity index is 1100. The molecule has 1 fully saturated rings. The van der Waals surface area contributed by atoms with Gasteiger partial charge in [-0.2, -0.15) is 0 Å². The van der Waals surface area contributed by atoms with Crippen molar-refractivity contribution < 1.29 is 18.7 Å². The Kier molecular flexibility index (Phi) is 8.24. The van der Waals surface area contributed by atoms with Crippen molar-refractivity contribution in [1.82, 2.24) is 10.2 Å². The van der Waals surface area contributed by atoms with Crippen LogP contribution in [0.5, 0.6) is 5.75 Å². The molecule has 1 aliphatic carbocycles. The maximum Gasteiger partial charge on any atom is 0.290 e. The van der Waals surface area contributed by atoms with Crippen LogP contribution in [0.3, 0.4) is 0 Å². The molecule has 0 aliphatic heterocycles. The van der Waals surface area contributed by atoms with E-state index in [4.69, 9.17) is 9.15 Å². The third-order valence-electron chi connectivity index (χ3n) is 6.64.